The summed E-state index contributed by atoms with van der Waals surface area (Å²) in [6, 6.07) is 16.1. The second-order valence-electron chi connectivity index (χ2n) is 7.67. The molecule has 0 bridgehead atoms. The highest BCUT2D eigenvalue weighted by molar-refractivity contribution is 5.79. The number of aliphatic imine (C=N–C) groups is 1. The first-order valence-electron chi connectivity index (χ1n) is 10.6. The Morgan fingerprint density at radius 2 is 2.00 bits per heavy atom. The van der Waals surface area contributed by atoms with Crippen LogP contribution in [0, 0.1) is 12.8 Å². The highest BCUT2D eigenvalue weighted by Crippen LogP contribution is 2.33. The molecule has 2 aromatic carbocycles. The number of aromatic hydroxyl groups is 1. The van der Waals surface area contributed by atoms with Crippen molar-refractivity contribution >= 4 is 5.96 Å². The minimum absolute atomic E-state index is 0.114. The number of aryl methyl sites for hydroxylation is 1. The lowest BCUT2D eigenvalue weighted by atomic mass is 9.89. The molecule has 2 aromatic rings. The lowest BCUT2D eigenvalue weighted by Gasteiger charge is -2.31. The van der Waals surface area contributed by atoms with Crippen molar-refractivity contribution in [2.24, 2.45) is 10.9 Å². The Morgan fingerprint density at radius 3 is 2.76 bits per heavy atom. The molecule has 29 heavy (non-hydrogen) atoms. The SMILES string of the molecule is CCNC(=NCC1CCCOC1c1ccc(C)cc1)NCCc1cccc(O)c1. The van der Waals surface area contributed by atoms with E-state index in [1.807, 2.05) is 12.1 Å². The van der Waals surface area contributed by atoms with Gasteiger partial charge in [0.1, 0.15) is 5.75 Å². The average Bonchev–Trinajstić information content (AvgIpc) is 2.73. The van der Waals surface area contributed by atoms with Gasteiger partial charge in [0.05, 0.1) is 6.10 Å². The van der Waals surface area contributed by atoms with Crippen LogP contribution >= 0.6 is 0 Å². The standard InChI is InChI=1S/C24H33N3O2/c1-3-25-24(26-14-13-19-6-4-8-22(28)16-19)27-17-21-7-5-15-29-23(21)20-11-9-18(2)10-12-20/h4,6,8-12,16,21,23,28H,3,5,7,13-15,17H2,1-2H3,(H2,25,26,27). The number of hydrogen-bond acceptors (Lipinski definition) is 3. The zero-order chi connectivity index (χ0) is 20.5. The fourth-order valence-electron chi connectivity index (χ4n) is 3.74. The highest BCUT2D eigenvalue weighted by atomic mass is 16.5. The molecular weight excluding hydrogens is 362 g/mol. The number of phenolic OH excluding ortho intramolecular Hbond substituents is 1. The van der Waals surface area contributed by atoms with Crippen molar-refractivity contribution in [3.05, 3.63) is 65.2 Å². The van der Waals surface area contributed by atoms with Crippen LogP contribution in [0.2, 0.25) is 0 Å². The van der Waals surface area contributed by atoms with Crippen molar-refractivity contribution in [2.45, 2.75) is 39.2 Å². The lowest BCUT2D eigenvalue weighted by molar-refractivity contribution is -0.0250. The van der Waals surface area contributed by atoms with Crippen molar-refractivity contribution in [2.75, 3.05) is 26.2 Å². The third kappa shape index (κ3) is 6.50. The summed E-state index contributed by atoms with van der Waals surface area (Å²) in [4.78, 5) is 4.84. The first-order valence-corrected chi connectivity index (χ1v) is 10.6. The maximum Gasteiger partial charge on any atom is 0.191 e. The fourth-order valence-corrected chi connectivity index (χ4v) is 3.74. The van der Waals surface area contributed by atoms with E-state index in [-0.39, 0.29) is 6.10 Å². The minimum Gasteiger partial charge on any atom is -0.508 e. The third-order valence-corrected chi connectivity index (χ3v) is 5.30. The van der Waals surface area contributed by atoms with Crippen molar-refractivity contribution < 1.29 is 9.84 Å². The number of phenols is 1. The first kappa shape index (κ1) is 21.2. The topological polar surface area (TPSA) is 65.9 Å². The fraction of sp³-hybridized carbons (Fsp3) is 0.458. The van der Waals surface area contributed by atoms with Crippen molar-refractivity contribution in [1.29, 1.82) is 0 Å². The van der Waals surface area contributed by atoms with Gasteiger partial charge in [0.15, 0.2) is 5.96 Å². The van der Waals surface area contributed by atoms with Gasteiger partial charge in [-0.2, -0.15) is 0 Å². The summed E-state index contributed by atoms with van der Waals surface area (Å²) >= 11 is 0. The number of ether oxygens (including phenoxy) is 1. The Balaban J connectivity index is 1.59. The molecule has 1 heterocycles. The number of rotatable bonds is 7. The largest absolute Gasteiger partial charge is 0.508 e. The number of guanidine groups is 1. The Hall–Kier alpha value is -2.53. The Bertz CT molecular complexity index is 789. The molecule has 156 valence electrons. The van der Waals surface area contributed by atoms with Gasteiger partial charge in [-0.3, -0.25) is 4.99 Å². The molecule has 2 unspecified atom stereocenters. The summed E-state index contributed by atoms with van der Waals surface area (Å²) < 4.78 is 6.13. The van der Waals surface area contributed by atoms with Crippen LogP contribution in [0.15, 0.2) is 53.5 Å². The molecule has 0 radical (unpaired) electrons. The van der Waals surface area contributed by atoms with E-state index in [1.165, 1.54) is 11.1 Å². The Kier molecular flexibility index (Phi) is 7.94. The van der Waals surface area contributed by atoms with Gasteiger partial charge in [-0.05, 0) is 56.4 Å². The summed E-state index contributed by atoms with van der Waals surface area (Å²) in [6.45, 7) is 7.32. The molecule has 3 N–H and O–H groups in total. The molecule has 2 atom stereocenters. The summed E-state index contributed by atoms with van der Waals surface area (Å²) in [5, 5.41) is 16.3. The molecule has 0 amide bonds. The molecule has 1 fully saturated rings. The van der Waals surface area contributed by atoms with Crippen LogP contribution in [-0.2, 0) is 11.2 Å². The summed E-state index contributed by atoms with van der Waals surface area (Å²) in [5.41, 5.74) is 3.62. The molecule has 0 saturated carbocycles. The quantitative estimate of drug-likeness (QED) is 0.490. The van der Waals surface area contributed by atoms with Gasteiger partial charge in [-0.1, -0.05) is 42.0 Å². The number of nitrogens with zero attached hydrogens (tertiary/aromatic N) is 1. The Morgan fingerprint density at radius 1 is 1.17 bits per heavy atom. The minimum atomic E-state index is 0.114. The third-order valence-electron chi connectivity index (χ3n) is 5.30. The second-order valence-corrected chi connectivity index (χ2v) is 7.67. The van der Waals surface area contributed by atoms with E-state index in [2.05, 4.69) is 48.7 Å². The van der Waals surface area contributed by atoms with Crippen LogP contribution in [0.1, 0.15) is 42.6 Å². The average molecular weight is 396 g/mol. The van der Waals surface area contributed by atoms with E-state index >= 15 is 0 Å². The molecular formula is C24H33N3O2. The zero-order valence-corrected chi connectivity index (χ0v) is 17.5. The van der Waals surface area contributed by atoms with Crippen molar-refractivity contribution in [3.63, 3.8) is 0 Å². The van der Waals surface area contributed by atoms with Crippen LogP contribution in [-0.4, -0.2) is 37.3 Å². The number of benzene rings is 2. The van der Waals surface area contributed by atoms with Gasteiger partial charge in [-0.15, -0.1) is 0 Å². The van der Waals surface area contributed by atoms with Gasteiger partial charge in [0, 0.05) is 32.2 Å². The van der Waals surface area contributed by atoms with E-state index in [4.69, 9.17) is 9.73 Å². The van der Waals surface area contributed by atoms with E-state index in [0.29, 0.717) is 11.7 Å². The normalized spacial score (nSPS) is 19.7. The van der Waals surface area contributed by atoms with Crippen LogP contribution < -0.4 is 10.6 Å². The van der Waals surface area contributed by atoms with Crippen LogP contribution in [0.25, 0.3) is 0 Å². The molecule has 5 nitrogen and oxygen atoms in total. The molecule has 5 heteroatoms. The highest BCUT2D eigenvalue weighted by Gasteiger charge is 2.27. The predicted molar refractivity (Wildman–Crippen MR) is 118 cm³/mol. The smallest absolute Gasteiger partial charge is 0.191 e. The second kappa shape index (κ2) is 10.9. The number of hydrogen-bond donors (Lipinski definition) is 3. The summed E-state index contributed by atoms with van der Waals surface area (Å²) in [5.74, 6) is 1.52. The summed E-state index contributed by atoms with van der Waals surface area (Å²) in [6.07, 6.45) is 3.16. The van der Waals surface area contributed by atoms with Gasteiger partial charge < -0.3 is 20.5 Å². The van der Waals surface area contributed by atoms with Crippen LogP contribution in [0.4, 0.5) is 0 Å². The van der Waals surface area contributed by atoms with E-state index in [1.54, 1.807) is 12.1 Å². The molecule has 0 aromatic heterocycles. The summed E-state index contributed by atoms with van der Waals surface area (Å²) in [7, 11) is 0. The maximum atomic E-state index is 9.60. The first-order chi connectivity index (χ1) is 14.2. The van der Waals surface area contributed by atoms with Gasteiger partial charge in [0.25, 0.3) is 0 Å². The van der Waals surface area contributed by atoms with Crippen molar-refractivity contribution in [1.82, 2.24) is 10.6 Å². The number of nitrogens with one attached hydrogen (secondary N) is 2. The van der Waals surface area contributed by atoms with Gasteiger partial charge >= 0.3 is 0 Å². The van der Waals surface area contributed by atoms with Crippen molar-refractivity contribution in [3.8, 4) is 5.75 Å². The lowest BCUT2D eigenvalue weighted by Crippen LogP contribution is -2.39. The molecule has 0 aliphatic carbocycles. The molecule has 1 aliphatic rings. The monoisotopic (exact) mass is 395 g/mol. The molecule has 1 aliphatic heterocycles. The van der Waals surface area contributed by atoms with Crippen LogP contribution in [0.5, 0.6) is 5.75 Å². The zero-order valence-electron chi connectivity index (χ0n) is 17.5. The maximum absolute atomic E-state index is 9.60. The predicted octanol–water partition coefficient (Wildman–Crippen LogP) is 3.97. The molecule has 1 saturated heterocycles. The van der Waals surface area contributed by atoms with E-state index in [9.17, 15) is 5.11 Å². The molecule has 3 rings (SSSR count). The van der Waals surface area contributed by atoms with Gasteiger partial charge in [0.2, 0.25) is 0 Å². The molecule has 0 spiro atoms. The Labute approximate surface area is 174 Å². The van der Waals surface area contributed by atoms with Crippen LogP contribution in [0.3, 0.4) is 0 Å². The van der Waals surface area contributed by atoms with E-state index < -0.39 is 0 Å². The van der Waals surface area contributed by atoms with Gasteiger partial charge in [-0.25, -0.2) is 0 Å². The van der Waals surface area contributed by atoms with E-state index in [0.717, 1.165) is 57.0 Å².